The summed E-state index contributed by atoms with van der Waals surface area (Å²) in [6, 6.07) is 31.4. The Balaban J connectivity index is 1.16. The quantitative estimate of drug-likeness (QED) is 0.178. The molecule has 0 unspecified atom stereocenters. The van der Waals surface area contributed by atoms with Crippen molar-refractivity contribution in [3.05, 3.63) is 131 Å². The van der Waals surface area contributed by atoms with Crippen LogP contribution in [-0.4, -0.2) is 79.0 Å². The lowest BCUT2D eigenvalue weighted by atomic mass is 10.1. The topological polar surface area (TPSA) is 172 Å². The Bertz CT molecular complexity index is 2450. The van der Waals surface area contributed by atoms with Crippen molar-refractivity contribution in [2.24, 2.45) is 20.4 Å². The lowest BCUT2D eigenvalue weighted by Gasteiger charge is -2.13. The lowest BCUT2D eigenvalue weighted by molar-refractivity contribution is 0.266. The normalized spacial score (nSPS) is 18.6. The highest BCUT2D eigenvalue weighted by Crippen LogP contribution is 2.25. The van der Waals surface area contributed by atoms with Crippen LogP contribution in [0.2, 0.25) is 0 Å². The number of rotatable bonds is 3. The van der Waals surface area contributed by atoms with Gasteiger partial charge in [-0.3, -0.25) is 0 Å². The van der Waals surface area contributed by atoms with Crippen LogP contribution >= 0.6 is 0 Å². The molecule has 6 aromatic rings. The number of ether oxygens (including phenoxy) is 4. The van der Waals surface area contributed by atoms with Crippen LogP contribution in [0.5, 0.6) is 23.0 Å². The molecule has 2 aliphatic heterocycles. The molecule has 2 N–H and O–H groups in total. The highest BCUT2D eigenvalue weighted by atomic mass is 16.5. The van der Waals surface area contributed by atoms with Crippen LogP contribution in [0.1, 0.15) is 87.3 Å². The van der Waals surface area contributed by atoms with Crippen LogP contribution in [0.3, 0.4) is 0 Å². The third-order valence-corrected chi connectivity index (χ3v) is 10.3. The van der Waals surface area contributed by atoms with Crippen LogP contribution in [0.25, 0.3) is 0 Å². The molecular formula is C46H50N12O4. The highest BCUT2D eigenvalue weighted by Gasteiger charge is 2.20. The average molecular weight is 835 g/mol. The Morgan fingerprint density at radius 2 is 0.726 bits per heavy atom. The Hall–Kier alpha value is -7.36. The van der Waals surface area contributed by atoms with Crippen molar-refractivity contribution in [2.45, 2.75) is 66.2 Å². The third-order valence-electron chi connectivity index (χ3n) is 10.3. The molecule has 2 aliphatic rings. The number of benzene rings is 4. The minimum absolute atomic E-state index is 0.326. The van der Waals surface area contributed by atoms with Crippen molar-refractivity contribution in [1.29, 1.82) is 0 Å². The second-order valence-corrected chi connectivity index (χ2v) is 14.8. The van der Waals surface area contributed by atoms with Crippen molar-refractivity contribution in [1.82, 2.24) is 29.7 Å². The predicted molar refractivity (Wildman–Crippen MR) is 241 cm³/mol. The molecule has 0 atom stereocenters. The van der Waals surface area contributed by atoms with Gasteiger partial charge in [-0.1, -0.05) is 48.5 Å². The van der Waals surface area contributed by atoms with E-state index in [-0.39, 0.29) is 0 Å². The van der Waals surface area contributed by atoms with E-state index in [0.29, 0.717) is 85.7 Å². The number of aromatic nitrogens is 6. The summed E-state index contributed by atoms with van der Waals surface area (Å²) in [7, 11) is 0. The minimum atomic E-state index is 0.326. The lowest BCUT2D eigenvalue weighted by Crippen LogP contribution is -2.12. The molecule has 0 aliphatic carbocycles. The Morgan fingerprint density at radius 3 is 1.06 bits per heavy atom. The Morgan fingerprint density at radius 1 is 0.419 bits per heavy atom. The van der Waals surface area contributed by atoms with Gasteiger partial charge in [0.2, 0.25) is 0 Å². The van der Waals surface area contributed by atoms with Crippen molar-refractivity contribution < 1.29 is 18.9 Å². The van der Waals surface area contributed by atoms with Gasteiger partial charge in [-0.15, -0.1) is 20.4 Å². The van der Waals surface area contributed by atoms with Gasteiger partial charge in [-0.2, -0.15) is 29.8 Å². The summed E-state index contributed by atoms with van der Waals surface area (Å²) in [5.41, 5.74) is 12.5. The second kappa shape index (κ2) is 19.8. The van der Waals surface area contributed by atoms with Gasteiger partial charge in [0, 0.05) is 35.1 Å². The fourth-order valence-corrected chi connectivity index (χ4v) is 7.01. The molecule has 0 fully saturated rings. The maximum atomic E-state index is 6.28. The smallest absolute Gasteiger partial charge is 0.266 e. The van der Waals surface area contributed by atoms with Gasteiger partial charge in [-0.05, 0) is 102 Å². The van der Waals surface area contributed by atoms with Crippen molar-refractivity contribution >= 4 is 34.7 Å². The first-order chi connectivity index (χ1) is 30.4. The Labute approximate surface area is 360 Å². The first-order valence-corrected chi connectivity index (χ1v) is 20.9. The van der Waals surface area contributed by atoms with E-state index in [9.17, 15) is 0 Å². The van der Waals surface area contributed by atoms with E-state index in [4.69, 9.17) is 39.4 Å². The van der Waals surface area contributed by atoms with E-state index in [1.165, 1.54) is 0 Å². The molecule has 62 heavy (non-hydrogen) atoms. The monoisotopic (exact) mass is 834 g/mol. The van der Waals surface area contributed by atoms with E-state index >= 15 is 0 Å². The molecule has 16 heteroatoms. The zero-order valence-corrected chi connectivity index (χ0v) is 35.4. The molecule has 8 rings (SSSR count). The summed E-state index contributed by atoms with van der Waals surface area (Å²) in [4.78, 5) is 0. The molecule has 0 radical (unpaired) electrons. The van der Waals surface area contributed by atoms with Crippen LogP contribution in [0.4, 0.5) is 11.9 Å². The van der Waals surface area contributed by atoms with Crippen molar-refractivity contribution in [3.8, 4) is 23.0 Å². The Kier molecular flexibility index (Phi) is 13.2. The van der Waals surface area contributed by atoms with Crippen molar-refractivity contribution in [2.75, 3.05) is 37.3 Å². The summed E-state index contributed by atoms with van der Waals surface area (Å²) in [6.07, 6.45) is 4.03. The fourth-order valence-electron chi connectivity index (χ4n) is 7.01. The van der Waals surface area contributed by atoms with Crippen LogP contribution in [0, 0.1) is 0 Å². The second-order valence-electron chi connectivity index (χ2n) is 14.8. The van der Waals surface area contributed by atoms with Gasteiger partial charge >= 0.3 is 0 Å². The number of nitrogens with one attached hydrogen (secondary N) is 2. The minimum Gasteiger partial charge on any atom is -0.493 e. The zero-order valence-electron chi connectivity index (χ0n) is 35.4. The van der Waals surface area contributed by atoms with E-state index in [2.05, 4.69) is 31.2 Å². The van der Waals surface area contributed by atoms with E-state index in [1.807, 2.05) is 125 Å². The molecule has 0 saturated heterocycles. The molecule has 318 valence electrons. The van der Waals surface area contributed by atoms with Gasteiger partial charge in [0.25, 0.3) is 11.9 Å². The first-order valence-electron chi connectivity index (χ1n) is 20.9. The number of hydrogen-bond acceptors (Lipinski definition) is 14. The average Bonchev–Trinajstić information content (AvgIpc) is 3.87. The first kappa shape index (κ1) is 41.4. The molecule has 0 bridgehead atoms. The van der Waals surface area contributed by atoms with Gasteiger partial charge < -0.3 is 18.9 Å². The SMILES string of the molecule is C/C1=N\Nc2nnc(CCc3nnc4n3/N=C(\C)c3ccccc3OCCCCOc3ccccc3/C(C)=N/N4)n2/N=C(\C)c2ccccc2OCCCCOc2ccccc21. The summed E-state index contributed by atoms with van der Waals surface area (Å²) < 4.78 is 28.3. The molecular weight excluding hydrogens is 785 g/mol. The molecule has 4 aromatic carbocycles. The zero-order chi connectivity index (χ0) is 42.7. The van der Waals surface area contributed by atoms with Gasteiger partial charge in [0.15, 0.2) is 11.6 Å². The summed E-state index contributed by atoms with van der Waals surface area (Å²) in [5.74, 6) is 4.73. The number of hydrogen-bond donors (Lipinski definition) is 2. The summed E-state index contributed by atoms with van der Waals surface area (Å²) in [6.45, 7) is 9.88. The largest absolute Gasteiger partial charge is 0.493 e. The van der Waals surface area contributed by atoms with Crippen molar-refractivity contribution in [3.63, 3.8) is 0 Å². The third kappa shape index (κ3) is 9.81. The predicted octanol–water partition coefficient (Wildman–Crippen LogP) is 7.97. The van der Waals surface area contributed by atoms with Gasteiger partial charge in [-0.25, -0.2) is 10.9 Å². The summed E-state index contributed by atoms with van der Waals surface area (Å²) in [5, 5.41) is 37.8. The van der Waals surface area contributed by atoms with E-state index < -0.39 is 0 Å². The molecule has 4 heterocycles. The summed E-state index contributed by atoms with van der Waals surface area (Å²) >= 11 is 0. The molecule has 0 amide bonds. The van der Waals surface area contributed by atoms with Crippen LogP contribution in [-0.2, 0) is 12.8 Å². The number of fused-ring (bicyclic) bond motifs is 6. The molecule has 16 nitrogen and oxygen atoms in total. The van der Waals surface area contributed by atoms with E-state index in [0.717, 1.165) is 70.9 Å². The van der Waals surface area contributed by atoms with Gasteiger partial charge in [0.05, 0.1) is 49.3 Å². The number of nitrogens with zero attached hydrogens (tertiary/aromatic N) is 10. The van der Waals surface area contributed by atoms with E-state index in [1.54, 1.807) is 9.35 Å². The number of hydrazone groups is 2. The maximum Gasteiger partial charge on any atom is 0.266 e. The number of aryl methyl sites for hydroxylation is 2. The maximum absolute atomic E-state index is 6.28. The highest BCUT2D eigenvalue weighted by molar-refractivity contribution is 6.03. The standard InChI is InChI=1S/C46H50N12O4/c1-31-35-17-5-9-21-39(35)59-27-13-15-29-61-41-23-11-7-19-37(41)33(3)55-57-43(49-53-45(57)51-47-31)25-26-44-50-54-46-52-48-32(2)36-18-6-10-22-40(36)60-28-14-16-30-62-42-24-12-8-20-38(42)34(4)56-58(44)46/h5-12,17-24H,13-16,25-30H2,1-4H3,(H,51,53)(H,52,54)/b47-31+,48-32+,55-33+,56-34+. The van der Waals surface area contributed by atoms with Crippen LogP contribution in [0.15, 0.2) is 117 Å². The van der Waals surface area contributed by atoms with Gasteiger partial charge in [0.1, 0.15) is 23.0 Å². The molecule has 0 spiro atoms. The molecule has 2 aromatic heterocycles. The number of para-hydroxylation sites is 4. The fraction of sp³-hybridized carbons (Fsp3) is 0.304. The number of anilines is 2. The molecule has 0 saturated carbocycles. The van der Waals surface area contributed by atoms with Crippen LogP contribution < -0.4 is 29.8 Å².